The van der Waals surface area contributed by atoms with Gasteiger partial charge in [0.2, 0.25) is 0 Å². The molecule has 1 aromatic rings. The first-order valence-corrected chi connectivity index (χ1v) is 5.49. The average Bonchev–Trinajstić information content (AvgIpc) is 2.19. The molecule has 14 heavy (non-hydrogen) atoms. The maximum absolute atomic E-state index is 4.49. The summed E-state index contributed by atoms with van der Waals surface area (Å²) < 4.78 is 0.948. The van der Waals surface area contributed by atoms with Crippen molar-refractivity contribution in [1.82, 2.24) is 10.3 Å². The van der Waals surface area contributed by atoms with Crippen molar-refractivity contribution in [2.45, 2.75) is 18.8 Å². The SMILES string of the molecule is Brc1cccc(C2CCNCC2)n1.Cl. The van der Waals surface area contributed by atoms with E-state index in [1.54, 1.807) is 0 Å². The van der Waals surface area contributed by atoms with Crippen molar-refractivity contribution in [3.63, 3.8) is 0 Å². The van der Waals surface area contributed by atoms with Crippen LogP contribution in [-0.2, 0) is 0 Å². The van der Waals surface area contributed by atoms with Crippen molar-refractivity contribution in [2.75, 3.05) is 13.1 Å². The lowest BCUT2D eigenvalue weighted by molar-refractivity contribution is 0.453. The number of nitrogens with one attached hydrogen (secondary N) is 1. The molecular formula is C10H14BrClN2. The van der Waals surface area contributed by atoms with Gasteiger partial charge in [0.15, 0.2) is 0 Å². The third kappa shape index (κ3) is 2.94. The third-order valence-electron chi connectivity index (χ3n) is 2.49. The lowest BCUT2D eigenvalue weighted by Crippen LogP contribution is -2.27. The average molecular weight is 278 g/mol. The number of piperidine rings is 1. The summed E-state index contributed by atoms with van der Waals surface area (Å²) in [6, 6.07) is 6.17. The van der Waals surface area contributed by atoms with E-state index in [0.717, 1.165) is 17.7 Å². The van der Waals surface area contributed by atoms with Crippen LogP contribution in [0.1, 0.15) is 24.5 Å². The smallest absolute Gasteiger partial charge is 0.106 e. The number of aromatic nitrogens is 1. The Hall–Kier alpha value is -0.120. The molecule has 1 aromatic heterocycles. The van der Waals surface area contributed by atoms with Crippen LogP contribution in [0.3, 0.4) is 0 Å². The summed E-state index contributed by atoms with van der Waals surface area (Å²) in [6.07, 6.45) is 2.42. The zero-order chi connectivity index (χ0) is 9.10. The number of pyridine rings is 1. The lowest BCUT2D eigenvalue weighted by atomic mass is 9.94. The van der Waals surface area contributed by atoms with Gasteiger partial charge in [-0.3, -0.25) is 0 Å². The Labute approximate surface area is 99.0 Å². The molecule has 2 heterocycles. The molecule has 1 N–H and O–H groups in total. The van der Waals surface area contributed by atoms with Gasteiger partial charge in [0.05, 0.1) is 0 Å². The van der Waals surface area contributed by atoms with Gasteiger partial charge in [0, 0.05) is 11.6 Å². The maximum Gasteiger partial charge on any atom is 0.106 e. The highest BCUT2D eigenvalue weighted by molar-refractivity contribution is 9.10. The summed E-state index contributed by atoms with van der Waals surface area (Å²) >= 11 is 3.40. The van der Waals surface area contributed by atoms with E-state index in [1.807, 2.05) is 6.07 Å². The van der Waals surface area contributed by atoms with E-state index in [0.29, 0.717) is 5.92 Å². The summed E-state index contributed by atoms with van der Waals surface area (Å²) in [7, 11) is 0. The molecule has 4 heteroatoms. The summed E-state index contributed by atoms with van der Waals surface area (Å²) in [5.74, 6) is 0.652. The molecule has 0 saturated carbocycles. The normalized spacial score (nSPS) is 17.5. The highest BCUT2D eigenvalue weighted by Gasteiger charge is 2.15. The molecule has 1 saturated heterocycles. The molecule has 0 aliphatic carbocycles. The van der Waals surface area contributed by atoms with E-state index < -0.39 is 0 Å². The minimum absolute atomic E-state index is 0. The minimum atomic E-state index is 0. The lowest BCUT2D eigenvalue weighted by Gasteiger charge is -2.21. The zero-order valence-corrected chi connectivity index (χ0v) is 10.3. The van der Waals surface area contributed by atoms with Gasteiger partial charge >= 0.3 is 0 Å². The topological polar surface area (TPSA) is 24.9 Å². The second-order valence-electron chi connectivity index (χ2n) is 3.41. The second kappa shape index (κ2) is 5.69. The van der Waals surface area contributed by atoms with Crippen molar-refractivity contribution in [1.29, 1.82) is 0 Å². The van der Waals surface area contributed by atoms with E-state index in [-0.39, 0.29) is 12.4 Å². The monoisotopic (exact) mass is 276 g/mol. The summed E-state index contributed by atoms with van der Waals surface area (Å²) in [4.78, 5) is 4.49. The fourth-order valence-electron chi connectivity index (χ4n) is 1.77. The molecule has 0 spiro atoms. The van der Waals surface area contributed by atoms with Gasteiger partial charge in [0.25, 0.3) is 0 Å². The summed E-state index contributed by atoms with van der Waals surface area (Å²) in [5, 5.41) is 3.36. The predicted octanol–water partition coefficient (Wildman–Crippen LogP) is 2.73. The van der Waals surface area contributed by atoms with Crippen LogP contribution >= 0.6 is 28.3 Å². The quantitative estimate of drug-likeness (QED) is 0.799. The summed E-state index contributed by atoms with van der Waals surface area (Å²) in [6.45, 7) is 2.25. The number of hydrogen-bond acceptors (Lipinski definition) is 2. The van der Waals surface area contributed by atoms with E-state index in [9.17, 15) is 0 Å². The van der Waals surface area contributed by atoms with Crippen molar-refractivity contribution >= 4 is 28.3 Å². The van der Waals surface area contributed by atoms with Crippen LogP contribution < -0.4 is 5.32 Å². The van der Waals surface area contributed by atoms with Crippen molar-refractivity contribution < 1.29 is 0 Å². The maximum atomic E-state index is 4.49. The highest BCUT2D eigenvalue weighted by atomic mass is 79.9. The molecule has 78 valence electrons. The third-order valence-corrected chi connectivity index (χ3v) is 2.94. The van der Waals surface area contributed by atoms with Crippen LogP contribution in [0, 0.1) is 0 Å². The standard InChI is InChI=1S/C10H13BrN2.ClH/c11-10-3-1-2-9(13-10)8-4-6-12-7-5-8;/h1-3,8,12H,4-7H2;1H. The Morgan fingerprint density at radius 3 is 2.64 bits per heavy atom. The molecule has 1 aliphatic heterocycles. The fourth-order valence-corrected chi connectivity index (χ4v) is 2.13. The first-order chi connectivity index (χ1) is 6.36. The Kier molecular flexibility index (Phi) is 4.85. The van der Waals surface area contributed by atoms with Crippen LogP contribution in [0.5, 0.6) is 0 Å². The van der Waals surface area contributed by atoms with Gasteiger partial charge in [-0.25, -0.2) is 4.98 Å². The van der Waals surface area contributed by atoms with Crippen LogP contribution in [0.15, 0.2) is 22.8 Å². The first-order valence-electron chi connectivity index (χ1n) is 4.69. The second-order valence-corrected chi connectivity index (χ2v) is 4.22. The molecule has 0 unspecified atom stereocenters. The van der Waals surface area contributed by atoms with Gasteiger partial charge in [-0.2, -0.15) is 0 Å². The number of hydrogen-bond donors (Lipinski definition) is 1. The van der Waals surface area contributed by atoms with Gasteiger partial charge in [0.1, 0.15) is 4.60 Å². The zero-order valence-electron chi connectivity index (χ0n) is 7.87. The van der Waals surface area contributed by atoms with Crippen molar-refractivity contribution in [2.24, 2.45) is 0 Å². The van der Waals surface area contributed by atoms with Crippen LogP contribution in [0.25, 0.3) is 0 Å². The molecular weight excluding hydrogens is 263 g/mol. The van der Waals surface area contributed by atoms with E-state index in [1.165, 1.54) is 18.5 Å². The molecule has 0 bridgehead atoms. The van der Waals surface area contributed by atoms with Crippen molar-refractivity contribution in [3.05, 3.63) is 28.5 Å². The van der Waals surface area contributed by atoms with Gasteiger partial charge < -0.3 is 5.32 Å². The highest BCUT2D eigenvalue weighted by Crippen LogP contribution is 2.24. The molecule has 1 fully saturated rings. The Balaban J connectivity index is 0.000000980. The molecule has 0 aromatic carbocycles. The van der Waals surface area contributed by atoms with Crippen LogP contribution in [0.4, 0.5) is 0 Å². The van der Waals surface area contributed by atoms with Crippen LogP contribution in [-0.4, -0.2) is 18.1 Å². The first kappa shape index (κ1) is 12.0. The predicted molar refractivity (Wildman–Crippen MR) is 64.0 cm³/mol. The fraction of sp³-hybridized carbons (Fsp3) is 0.500. The van der Waals surface area contributed by atoms with Crippen molar-refractivity contribution in [3.8, 4) is 0 Å². The van der Waals surface area contributed by atoms with Gasteiger partial charge in [-0.05, 0) is 54.0 Å². The van der Waals surface area contributed by atoms with Gasteiger partial charge in [-0.15, -0.1) is 12.4 Å². The minimum Gasteiger partial charge on any atom is -0.317 e. The Bertz CT molecular complexity index is 287. The number of halogens is 2. The van der Waals surface area contributed by atoms with Gasteiger partial charge in [-0.1, -0.05) is 6.07 Å². The number of rotatable bonds is 1. The molecule has 0 radical (unpaired) electrons. The Morgan fingerprint density at radius 2 is 2.00 bits per heavy atom. The van der Waals surface area contributed by atoms with E-state index in [2.05, 4.69) is 38.4 Å². The van der Waals surface area contributed by atoms with Crippen LogP contribution in [0.2, 0.25) is 0 Å². The number of nitrogens with zero attached hydrogens (tertiary/aromatic N) is 1. The molecule has 1 aliphatic rings. The molecule has 0 atom stereocenters. The largest absolute Gasteiger partial charge is 0.317 e. The molecule has 2 rings (SSSR count). The summed E-state index contributed by atoms with van der Waals surface area (Å²) in [5.41, 5.74) is 1.23. The molecule has 0 amide bonds. The van der Waals surface area contributed by atoms with E-state index >= 15 is 0 Å². The van der Waals surface area contributed by atoms with E-state index in [4.69, 9.17) is 0 Å². The Morgan fingerprint density at radius 1 is 1.29 bits per heavy atom. The molecule has 2 nitrogen and oxygen atoms in total.